The molecule has 0 bridgehead atoms. The zero-order valence-corrected chi connectivity index (χ0v) is 21.2. The second-order valence-electron chi connectivity index (χ2n) is 8.88. The number of carbonyl (C=O) groups excluding carboxylic acids is 1. The SMILES string of the molecule is Cc1ccc(CC=O)c(N2CCC(Oc3ncnc(Oc4ccc(S(C)(=O)=O)cc4F)c3C)CC2)c1. The number of hydrogen-bond donors (Lipinski definition) is 0. The van der Waals surface area contributed by atoms with E-state index in [1.807, 2.05) is 19.1 Å². The van der Waals surface area contributed by atoms with Crippen molar-refractivity contribution in [2.24, 2.45) is 0 Å². The molecule has 1 fully saturated rings. The lowest BCUT2D eigenvalue weighted by molar-refractivity contribution is -0.107. The molecule has 8 nitrogen and oxygen atoms in total. The van der Waals surface area contributed by atoms with Gasteiger partial charge in [0.25, 0.3) is 0 Å². The first kappa shape index (κ1) is 25.6. The van der Waals surface area contributed by atoms with Gasteiger partial charge in [0.15, 0.2) is 21.4 Å². The van der Waals surface area contributed by atoms with E-state index in [1.54, 1.807) is 6.92 Å². The number of aryl methyl sites for hydroxylation is 1. The molecule has 0 spiro atoms. The zero-order chi connectivity index (χ0) is 25.9. The number of piperidine rings is 1. The maximum Gasteiger partial charge on any atom is 0.229 e. The number of carbonyl (C=O) groups is 1. The van der Waals surface area contributed by atoms with Crippen LogP contribution in [0, 0.1) is 19.7 Å². The van der Waals surface area contributed by atoms with Crippen molar-refractivity contribution >= 4 is 21.8 Å². The minimum atomic E-state index is -3.54. The highest BCUT2D eigenvalue weighted by atomic mass is 32.2. The van der Waals surface area contributed by atoms with Crippen molar-refractivity contribution in [3.8, 4) is 17.5 Å². The number of benzene rings is 2. The summed E-state index contributed by atoms with van der Waals surface area (Å²) in [5.41, 5.74) is 3.75. The Balaban J connectivity index is 1.44. The molecule has 190 valence electrons. The molecule has 0 atom stereocenters. The van der Waals surface area contributed by atoms with Crippen LogP contribution in [0.5, 0.6) is 17.5 Å². The van der Waals surface area contributed by atoms with Crippen LogP contribution in [-0.2, 0) is 21.1 Å². The molecule has 1 aromatic heterocycles. The van der Waals surface area contributed by atoms with Crippen LogP contribution < -0.4 is 14.4 Å². The molecule has 0 aliphatic carbocycles. The number of hydrogen-bond acceptors (Lipinski definition) is 8. The summed E-state index contributed by atoms with van der Waals surface area (Å²) in [6, 6.07) is 9.59. The van der Waals surface area contributed by atoms with Crippen molar-refractivity contribution in [3.63, 3.8) is 0 Å². The number of rotatable bonds is 8. The third-order valence-electron chi connectivity index (χ3n) is 6.13. The van der Waals surface area contributed by atoms with Crippen molar-refractivity contribution in [2.45, 2.75) is 44.1 Å². The van der Waals surface area contributed by atoms with Gasteiger partial charge in [-0.05, 0) is 49.2 Å². The van der Waals surface area contributed by atoms with Crippen molar-refractivity contribution < 1.29 is 27.1 Å². The van der Waals surface area contributed by atoms with Crippen LogP contribution in [0.4, 0.5) is 10.1 Å². The van der Waals surface area contributed by atoms with Crippen LogP contribution in [0.2, 0.25) is 0 Å². The summed E-state index contributed by atoms with van der Waals surface area (Å²) in [6.07, 6.45) is 5.04. The third-order valence-corrected chi connectivity index (χ3v) is 7.24. The summed E-state index contributed by atoms with van der Waals surface area (Å²) >= 11 is 0. The number of ether oxygens (including phenoxy) is 2. The summed E-state index contributed by atoms with van der Waals surface area (Å²) in [6.45, 7) is 5.30. The van der Waals surface area contributed by atoms with Gasteiger partial charge in [-0.15, -0.1) is 0 Å². The van der Waals surface area contributed by atoms with E-state index < -0.39 is 15.7 Å². The first-order valence-electron chi connectivity index (χ1n) is 11.6. The monoisotopic (exact) mass is 513 g/mol. The molecule has 3 aromatic rings. The van der Waals surface area contributed by atoms with Crippen molar-refractivity contribution in [3.05, 3.63) is 65.2 Å². The second-order valence-corrected chi connectivity index (χ2v) is 10.9. The van der Waals surface area contributed by atoms with Crippen LogP contribution in [0.25, 0.3) is 0 Å². The Bertz CT molecular complexity index is 1370. The highest BCUT2D eigenvalue weighted by Crippen LogP contribution is 2.32. The van der Waals surface area contributed by atoms with Crippen LogP contribution in [-0.4, -0.2) is 50.1 Å². The molecule has 0 radical (unpaired) electrons. The topological polar surface area (TPSA) is 98.7 Å². The van der Waals surface area contributed by atoms with Gasteiger partial charge in [0.1, 0.15) is 18.7 Å². The lowest BCUT2D eigenvalue weighted by Gasteiger charge is -2.35. The van der Waals surface area contributed by atoms with Crippen LogP contribution in [0.15, 0.2) is 47.6 Å². The minimum absolute atomic E-state index is 0.0761. The third kappa shape index (κ3) is 5.81. The van der Waals surface area contributed by atoms with Gasteiger partial charge in [-0.2, -0.15) is 0 Å². The Labute approximate surface area is 210 Å². The quantitative estimate of drug-likeness (QED) is 0.413. The normalized spacial score (nSPS) is 14.5. The van der Waals surface area contributed by atoms with E-state index in [2.05, 4.69) is 20.9 Å². The average molecular weight is 514 g/mol. The lowest BCUT2D eigenvalue weighted by atomic mass is 10.0. The number of halogens is 1. The van der Waals surface area contributed by atoms with Gasteiger partial charge in [-0.25, -0.2) is 22.8 Å². The Morgan fingerprint density at radius 1 is 1.08 bits per heavy atom. The second kappa shape index (κ2) is 10.6. The summed E-state index contributed by atoms with van der Waals surface area (Å²) in [7, 11) is -3.54. The van der Waals surface area contributed by atoms with Crippen LogP contribution in [0.1, 0.15) is 29.5 Å². The van der Waals surface area contributed by atoms with Crippen molar-refractivity contribution in [1.82, 2.24) is 9.97 Å². The highest BCUT2D eigenvalue weighted by molar-refractivity contribution is 7.90. The standard InChI is InChI=1S/C26H28FN3O5S/c1-17-4-5-19(10-13-31)23(14-17)30-11-8-20(9-12-30)34-25-18(2)26(29-16-28-25)35-24-7-6-21(15-22(24)27)36(3,32)33/h4-7,13-16,20H,8-12H2,1-3H3. The number of anilines is 1. The molecule has 0 amide bonds. The van der Waals surface area contributed by atoms with E-state index in [9.17, 15) is 17.6 Å². The molecule has 0 saturated carbocycles. The van der Waals surface area contributed by atoms with E-state index in [-0.39, 0.29) is 22.6 Å². The van der Waals surface area contributed by atoms with Crippen molar-refractivity contribution in [1.29, 1.82) is 0 Å². The smallest absolute Gasteiger partial charge is 0.229 e. The fourth-order valence-electron chi connectivity index (χ4n) is 4.14. The summed E-state index contributed by atoms with van der Waals surface area (Å²) < 4.78 is 49.5. The first-order valence-corrected chi connectivity index (χ1v) is 13.5. The average Bonchev–Trinajstić information content (AvgIpc) is 2.84. The molecule has 1 saturated heterocycles. The Hall–Kier alpha value is -3.53. The predicted octanol–water partition coefficient (Wildman–Crippen LogP) is 4.22. The minimum Gasteiger partial charge on any atom is -0.474 e. The summed E-state index contributed by atoms with van der Waals surface area (Å²) in [5.74, 6) is -0.478. The molecule has 36 heavy (non-hydrogen) atoms. The van der Waals surface area contributed by atoms with Gasteiger partial charge in [0.05, 0.1) is 10.5 Å². The van der Waals surface area contributed by atoms with E-state index in [0.29, 0.717) is 17.9 Å². The molecule has 2 heterocycles. The fraction of sp³-hybridized carbons (Fsp3) is 0.346. The highest BCUT2D eigenvalue weighted by Gasteiger charge is 2.24. The molecule has 2 aromatic carbocycles. The number of aromatic nitrogens is 2. The van der Waals surface area contributed by atoms with Gasteiger partial charge < -0.3 is 19.2 Å². The van der Waals surface area contributed by atoms with Gasteiger partial charge in [0.2, 0.25) is 11.8 Å². The van der Waals surface area contributed by atoms with Gasteiger partial charge in [0, 0.05) is 44.3 Å². The van der Waals surface area contributed by atoms with Crippen LogP contribution >= 0.6 is 0 Å². The largest absolute Gasteiger partial charge is 0.474 e. The molecule has 10 heteroatoms. The number of nitrogens with zero attached hydrogens (tertiary/aromatic N) is 3. The van der Waals surface area contributed by atoms with E-state index >= 15 is 0 Å². The zero-order valence-electron chi connectivity index (χ0n) is 20.4. The maximum atomic E-state index is 14.5. The summed E-state index contributed by atoms with van der Waals surface area (Å²) in [5, 5.41) is 0. The van der Waals surface area contributed by atoms with Gasteiger partial charge in [-0.1, -0.05) is 12.1 Å². The van der Waals surface area contributed by atoms with Gasteiger partial charge in [-0.3, -0.25) is 0 Å². The molecule has 0 unspecified atom stereocenters. The van der Waals surface area contributed by atoms with E-state index in [0.717, 1.165) is 61.4 Å². The van der Waals surface area contributed by atoms with Gasteiger partial charge >= 0.3 is 0 Å². The van der Waals surface area contributed by atoms with Crippen LogP contribution in [0.3, 0.4) is 0 Å². The summed E-state index contributed by atoms with van der Waals surface area (Å²) in [4.78, 5) is 21.6. The Morgan fingerprint density at radius 2 is 1.81 bits per heavy atom. The van der Waals surface area contributed by atoms with Crippen molar-refractivity contribution in [2.75, 3.05) is 24.2 Å². The van der Waals surface area contributed by atoms with E-state index in [1.165, 1.54) is 18.5 Å². The molecule has 0 N–H and O–H groups in total. The fourth-order valence-corrected chi connectivity index (χ4v) is 4.78. The number of aldehydes is 1. The molecule has 1 aliphatic rings. The lowest BCUT2D eigenvalue weighted by Crippen LogP contribution is -2.39. The molecular weight excluding hydrogens is 485 g/mol. The predicted molar refractivity (Wildman–Crippen MR) is 133 cm³/mol. The Morgan fingerprint density at radius 3 is 2.47 bits per heavy atom. The molecule has 1 aliphatic heterocycles. The first-order chi connectivity index (χ1) is 17.2. The van der Waals surface area contributed by atoms with E-state index in [4.69, 9.17) is 9.47 Å². The Kier molecular flexibility index (Phi) is 7.53. The molecule has 4 rings (SSSR count). The number of sulfone groups is 1. The molecular formula is C26H28FN3O5S. The maximum absolute atomic E-state index is 14.5.